The molecular formula is C15H16O4S. The molecule has 4 nitrogen and oxygen atoms in total. The van der Waals surface area contributed by atoms with Crippen LogP contribution in [-0.2, 0) is 16.5 Å². The average molecular weight is 292 g/mol. The fraction of sp³-hybridized carbons (Fsp3) is 0.333. The summed E-state index contributed by atoms with van der Waals surface area (Å²) in [6, 6.07) is 5.91. The minimum Gasteiger partial charge on any atom is -0.496 e. The van der Waals surface area contributed by atoms with E-state index in [0.29, 0.717) is 6.61 Å². The highest BCUT2D eigenvalue weighted by atomic mass is 32.2. The average Bonchev–Trinajstić information content (AvgIpc) is 2.51. The Kier molecular flexibility index (Phi) is 3.63. The van der Waals surface area contributed by atoms with Crippen molar-refractivity contribution < 1.29 is 18.4 Å². The molecule has 106 valence electrons. The topological polar surface area (TPSA) is 36.9 Å². The summed E-state index contributed by atoms with van der Waals surface area (Å²) < 4.78 is 22.3. The van der Waals surface area contributed by atoms with E-state index in [0.717, 1.165) is 44.9 Å². The summed E-state index contributed by atoms with van der Waals surface area (Å²) in [6.45, 7) is 0.507. The van der Waals surface area contributed by atoms with Crippen LogP contribution < -0.4 is 14.2 Å². The maximum absolute atomic E-state index is 5.64. The molecule has 5 heteroatoms. The SMILES string of the molecule is COc1c2c(c(OC)c3c(OC)cccc13)COSC2. The van der Waals surface area contributed by atoms with Gasteiger partial charge in [-0.25, -0.2) is 0 Å². The van der Waals surface area contributed by atoms with Gasteiger partial charge in [-0.05, 0) is 18.1 Å². The van der Waals surface area contributed by atoms with Gasteiger partial charge >= 0.3 is 0 Å². The van der Waals surface area contributed by atoms with E-state index in [2.05, 4.69) is 0 Å². The van der Waals surface area contributed by atoms with Crippen LogP contribution in [0.15, 0.2) is 18.2 Å². The van der Waals surface area contributed by atoms with Crippen molar-refractivity contribution in [1.29, 1.82) is 0 Å². The zero-order valence-corrected chi connectivity index (χ0v) is 12.5. The Morgan fingerprint density at radius 2 is 1.80 bits per heavy atom. The smallest absolute Gasteiger partial charge is 0.136 e. The van der Waals surface area contributed by atoms with Crippen molar-refractivity contribution in [1.82, 2.24) is 0 Å². The molecule has 0 aromatic heterocycles. The third kappa shape index (κ3) is 1.89. The molecule has 2 aromatic carbocycles. The predicted molar refractivity (Wildman–Crippen MR) is 79.7 cm³/mol. The molecule has 0 radical (unpaired) electrons. The van der Waals surface area contributed by atoms with Crippen molar-refractivity contribution in [3.63, 3.8) is 0 Å². The molecule has 1 aliphatic heterocycles. The van der Waals surface area contributed by atoms with E-state index in [1.807, 2.05) is 18.2 Å². The number of hydrogen-bond donors (Lipinski definition) is 0. The normalized spacial score (nSPS) is 13.9. The number of ether oxygens (including phenoxy) is 3. The molecule has 3 rings (SSSR count). The Labute approximate surface area is 122 Å². The molecule has 20 heavy (non-hydrogen) atoms. The van der Waals surface area contributed by atoms with E-state index in [1.54, 1.807) is 21.3 Å². The fourth-order valence-electron chi connectivity index (χ4n) is 2.68. The van der Waals surface area contributed by atoms with E-state index in [4.69, 9.17) is 18.4 Å². The molecule has 0 fully saturated rings. The van der Waals surface area contributed by atoms with E-state index >= 15 is 0 Å². The molecule has 1 heterocycles. The fourth-order valence-corrected chi connectivity index (χ4v) is 3.38. The van der Waals surface area contributed by atoms with Crippen LogP contribution in [0.3, 0.4) is 0 Å². The molecule has 0 spiro atoms. The number of rotatable bonds is 3. The highest BCUT2D eigenvalue weighted by Crippen LogP contribution is 2.47. The highest BCUT2D eigenvalue weighted by Gasteiger charge is 2.25. The van der Waals surface area contributed by atoms with Crippen molar-refractivity contribution in [3.8, 4) is 17.2 Å². The number of methoxy groups -OCH3 is 3. The van der Waals surface area contributed by atoms with Gasteiger partial charge in [-0.2, -0.15) is 0 Å². The van der Waals surface area contributed by atoms with E-state index < -0.39 is 0 Å². The molecule has 0 unspecified atom stereocenters. The van der Waals surface area contributed by atoms with Crippen LogP contribution in [0.25, 0.3) is 10.8 Å². The molecule has 0 atom stereocenters. The van der Waals surface area contributed by atoms with Crippen LogP contribution in [0.4, 0.5) is 0 Å². The summed E-state index contributed by atoms with van der Waals surface area (Å²) in [5, 5.41) is 1.94. The molecule has 0 saturated heterocycles. The third-order valence-electron chi connectivity index (χ3n) is 3.53. The molecule has 0 N–H and O–H groups in total. The minimum absolute atomic E-state index is 0.507. The standard InChI is InChI=1S/C15H16O4S/c1-16-12-6-4-5-9-13(12)15(18-3)10-7-19-20-8-11(10)14(9)17-2/h4-6H,7-8H2,1-3H3. The molecule has 0 aliphatic carbocycles. The van der Waals surface area contributed by atoms with Crippen LogP contribution in [0.5, 0.6) is 17.2 Å². The zero-order chi connectivity index (χ0) is 14.1. The third-order valence-corrected chi connectivity index (χ3v) is 4.22. The van der Waals surface area contributed by atoms with Gasteiger partial charge in [0.15, 0.2) is 0 Å². The lowest BCUT2D eigenvalue weighted by Crippen LogP contribution is -2.07. The number of fused-ring (bicyclic) bond motifs is 2. The van der Waals surface area contributed by atoms with Crippen LogP contribution in [0.2, 0.25) is 0 Å². The molecule has 0 amide bonds. The Balaban J connectivity index is 2.46. The van der Waals surface area contributed by atoms with E-state index in [1.165, 1.54) is 12.0 Å². The maximum atomic E-state index is 5.64. The van der Waals surface area contributed by atoms with Crippen molar-refractivity contribution >= 4 is 22.8 Å². The second-order valence-electron chi connectivity index (χ2n) is 4.43. The molecule has 2 aromatic rings. The number of benzene rings is 2. The molecule has 0 bridgehead atoms. The lowest BCUT2D eigenvalue weighted by atomic mass is 9.98. The summed E-state index contributed by atoms with van der Waals surface area (Å²) in [5.41, 5.74) is 2.18. The van der Waals surface area contributed by atoms with Gasteiger partial charge in [0.1, 0.15) is 17.2 Å². The quantitative estimate of drug-likeness (QED) is 0.809. The summed E-state index contributed by atoms with van der Waals surface area (Å²) in [7, 11) is 5.03. The lowest BCUT2D eigenvalue weighted by Gasteiger charge is -2.24. The van der Waals surface area contributed by atoms with Gasteiger partial charge in [0.2, 0.25) is 0 Å². The monoisotopic (exact) mass is 292 g/mol. The Morgan fingerprint density at radius 1 is 1.00 bits per heavy atom. The first-order valence-electron chi connectivity index (χ1n) is 6.28. The maximum Gasteiger partial charge on any atom is 0.136 e. The van der Waals surface area contributed by atoms with Crippen LogP contribution in [-0.4, -0.2) is 21.3 Å². The van der Waals surface area contributed by atoms with Crippen molar-refractivity contribution in [2.24, 2.45) is 0 Å². The van der Waals surface area contributed by atoms with Gasteiger partial charge in [-0.15, -0.1) is 0 Å². The zero-order valence-electron chi connectivity index (χ0n) is 11.7. The molecule has 1 aliphatic rings. The van der Waals surface area contributed by atoms with Crippen molar-refractivity contribution in [2.75, 3.05) is 21.3 Å². The van der Waals surface area contributed by atoms with Gasteiger partial charge in [0.25, 0.3) is 0 Å². The van der Waals surface area contributed by atoms with Gasteiger partial charge in [0.05, 0.1) is 33.3 Å². The summed E-state index contributed by atoms with van der Waals surface area (Å²) in [6.07, 6.45) is 0. The van der Waals surface area contributed by atoms with Crippen LogP contribution >= 0.6 is 12.0 Å². The summed E-state index contributed by atoms with van der Waals surface area (Å²) in [4.78, 5) is 0. The first-order chi connectivity index (χ1) is 9.81. The van der Waals surface area contributed by atoms with Crippen molar-refractivity contribution in [2.45, 2.75) is 12.4 Å². The highest BCUT2D eigenvalue weighted by molar-refractivity contribution is 7.93. The van der Waals surface area contributed by atoms with Gasteiger partial charge in [-0.3, -0.25) is 0 Å². The second kappa shape index (κ2) is 5.42. The first-order valence-corrected chi connectivity index (χ1v) is 7.19. The van der Waals surface area contributed by atoms with Gasteiger partial charge < -0.3 is 18.4 Å². The molecule has 0 saturated carbocycles. The van der Waals surface area contributed by atoms with Crippen molar-refractivity contribution in [3.05, 3.63) is 29.3 Å². The van der Waals surface area contributed by atoms with Gasteiger partial charge in [0, 0.05) is 22.3 Å². The van der Waals surface area contributed by atoms with E-state index in [-0.39, 0.29) is 0 Å². The summed E-state index contributed by atoms with van der Waals surface area (Å²) in [5.74, 6) is 3.22. The minimum atomic E-state index is 0.507. The van der Waals surface area contributed by atoms with Gasteiger partial charge in [-0.1, -0.05) is 12.1 Å². The predicted octanol–water partition coefficient (Wildman–Crippen LogP) is 3.54. The summed E-state index contributed by atoms with van der Waals surface area (Å²) >= 11 is 1.44. The number of hydrogen-bond acceptors (Lipinski definition) is 5. The second-order valence-corrected chi connectivity index (χ2v) is 5.19. The van der Waals surface area contributed by atoms with Crippen LogP contribution in [0, 0.1) is 0 Å². The molecular weight excluding hydrogens is 276 g/mol. The Hall–Kier alpha value is -1.59. The largest absolute Gasteiger partial charge is 0.496 e. The Bertz CT molecular complexity index is 654. The Morgan fingerprint density at radius 3 is 2.50 bits per heavy atom. The lowest BCUT2D eigenvalue weighted by molar-refractivity contribution is 0.332. The first kappa shape index (κ1) is 13.4. The van der Waals surface area contributed by atoms with E-state index in [9.17, 15) is 0 Å². The van der Waals surface area contributed by atoms with Crippen LogP contribution in [0.1, 0.15) is 11.1 Å².